The summed E-state index contributed by atoms with van der Waals surface area (Å²) in [7, 11) is -3.91. The Morgan fingerprint density at radius 2 is 2.05 bits per heavy atom. The standard InChI is InChI=1S/C14H14ClNO4S2/c15-12-9-5-1-2-7-11(9)21-14(12)22(19,20)16-8-4-3-6-10(16)13(17)18/h1-2,5,7,10H,3-4,6,8H2,(H,17,18). The van der Waals surface area contributed by atoms with Gasteiger partial charge in [0.15, 0.2) is 4.21 Å². The molecule has 1 aliphatic heterocycles. The van der Waals surface area contributed by atoms with Gasteiger partial charge in [-0.25, -0.2) is 8.42 Å². The van der Waals surface area contributed by atoms with Crippen molar-refractivity contribution >= 4 is 49.0 Å². The fourth-order valence-corrected chi connectivity index (χ4v) is 6.59. The van der Waals surface area contributed by atoms with Gasteiger partial charge in [0.25, 0.3) is 10.0 Å². The van der Waals surface area contributed by atoms with Crippen molar-refractivity contribution in [1.29, 1.82) is 0 Å². The Morgan fingerprint density at radius 3 is 2.73 bits per heavy atom. The minimum absolute atomic E-state index is 0.0310. The zero-order valence-electron chi connectivity index (χ0n) is 11.5. The Bertz CT molecular complexity index is 830. The first-order valence-electron chi connectivity index (χ1n) is 6.84. The normalized spacial score (nSPS) is 20.3. The van der Waals surface area contributed by atoms with Gasteiger partial charge in [0.05, 0.1) is 5.02 Å². The molecule has 5 nitrogen and oxygen atoms in total. The zero-order valence-corrected chi connectivity index (χ0v) is 13.9. The van der Waals surface area contributed by atoms with Gasteiger partial charge >= 0.3 is 5.97 Å². The molecular weight excluding hydrogens is 346 g/mol. The molecule has 0 bridgehead atoms. The van der Waals surface area contributed by atoms with Gasteiger partial charge in [-0.15, -0.1) is 11.3 Å². The maximum atomic E-state index is 12.9. The van der Waals surface area contributed by atoms with Crippen LogP contribution in [0.15, 0.2) is 28.5 Å². The number of nitrogens with zero attached hydrogens (tertiary/aromatic N) is 1. The molecule has 118 valence electrons. The van der Waals surface area contributed by atoms with Gasteiger partial charge < -0.3 is 5.11 Å². The highest BCUT2D eigenvalue weighted by molar-refractivity contribution is 7.91. The van der Waals surface area contributed by atoms with Crippen molar-refractivity contribution in [3.8, 4) is 0 Å². The first-order valence-corrected chi connectivity index (χ1v) is 9.48. The van der Waals surface area contributed by atoms with E-state index in [-0.39, 0.29) is 15.8 Å². The summed E-state index contributed by atoms with van der Waals surface area (Å²) in [5.41, 5.74) is 0. The highest BCUT2D eigenvalue weighted by Gasteiger charge is 2.39. The van der Waals surface area contributed by atoms with Gasteiger partial charge in [0.2, 0.25) is 0 Å². The Balaban J connectivity index is 2.11. The molecule has 0 aliphatic carbocycles. The number of benzene rings is 1. The number of carboxylic acids is 1. The number of thiophene rings is 1. The van der Waals surface area contributed by atoms with E-state index in [1.807, 2.05) is 6.07 Å². The summed E-state index contributed by atoms with van der Waals surface area (Å²) in [6, 6.07) is 6.15. The number of hydrogen-bond acceptors (Lipinski definition) is 4. The molecule has 1 aromatic carbocycles. The molecular formula is C14H14ClNO4S2. The minimum atomic E-state index is -3.91. The lowest BCUT2D eigenvalue weighted by atomic mass is 10.1. The number of carboxylic acid groups (broad SMARTS) is 1. The van der Waals surface area contributed by atoms with E-state index in [0.717, 1.165) is 20.3 Å². The Labute approximate surface area is 137 Å². The molecule has 0 radical (unpaired) electrons. The van der Waals surface area contributed by atoms with Gasteiger partial charge in [-0.3, -0.25) is 4.79 Å². The molecule has 0 amide bonds. The van der Waals surface area contributed by atoms with E-state index in [9.17, 15) is 18.3 Å². The topological polar surface area (TPSA) is 74.7 Å². The number of fused-ring (bicyclic) bond motifs is 1. The first-order chi connectivity index (χ1) is 10.4. The number of sulfonamides is 1. The van der Waals surface area contributed by atoms with Crippen LogP contribution in [-0.2, 0) is 14.8 Å². The van der Waals surface area contributed by atoms with Crippen LogP contribution in [0.2, 0.25) is 5.02 Å². The van der Waals surface area contributed by atoms with Crippen molar-refractivity contribution in [2.45, 2.75) is 29.5 Å². The third-order valence-corrected chi connectivity index (χ3v) is 7.98. The average Bonchev–Trinajstić information content (AvgIpc) is 2.85. The molecule has 2 heterocycles. The number of piperidine rings is 1. The van der Waals surface area contributed by atoms with Crippen molar-refractivity contribution < 1.29 is 18.3 Å². The largest absolute Gasteiger partial charge is 0.480 e. The van der Waals surface area contributed by atoms with Crippen molar-refractivity contribution in [3.63, 3.8) is 0 Å². The Morgan fingerprint density at radius 1 is 1.32 bits per heavy atom. The lowest BCUT2D eigenvalue weighted by molar-refractivity contribution is -0.142. The number of aliphatic carboxylic acids is 1. The molecule has 0 spiro atoms. The third kappa shape index (κ3) is 2.52. The molecule has 1 atom stereocenters. The molecule has 0 saturated carbocycles. The second kappa shape index (κ2) is 5.81. The SMILES string of the molecule is O=C(O)C1CCCCN1S(=O)(=O)c1sc2ccccc2c1Cl. The Kier molecular flexibility index (Phi) is 4.15. The maximum absolute atomic E-state index is 12.9. The molecule has 1 fully saturated rings. The monoisotopic (exact) mass is 359 g/mol. The van der Waals surface area contributed by atoms with Crippen LogP contribution in [0.5, 0.6) is 0 Å². The van der Waals surface area contributed by atoms with Gasteiger partial charge in [-0.05, 0) is 25.3 Å². The van der Waals surface area contributed by atoms with Crippen LogP contribution in [0.1, 0.15) is 19.3 Å². The van der Waals surface area contributed by atoms with E-state index in [1.165, 1.54) is 0 Å². The fourth-order valence-electron chi connectivity index (χ4n) is 2.70. The van der Waals surface area contributed by atoms with Gasteiger partial charge in [0.1, 0.15) is 6.04 Å². The van der Waals surface area contributed by atoms with E-state index < -0.39 is 22.0 Å². The molecule has 2 aromatic rings. The minimum Gasteiger partial charge on any atom is -0.480 e. The lowest BCUT2D eigenvalue weighted by Crippen LogP contribution is -2.47. The second-order valence-corrected chi connectivity index (χ2v) is 8.68. The molecule has 1 unspecified atom stereocenters. The van der Waals surface area contributed by atoms with Crippen LogP contribution in [-0.4, -0.2) is 36.4 Å². The van der Waals surface area contributed by atoms with E-state index in [1.54, 1.807) is 18.2 Å². The summed E-state index contributed by atoms with van der Waals surface area (Å²) >= 11 is 7.33. The van der Waals surface area contributed by atoms with Crippen LogP contribution < -0.4 is 0 Å². The number of halogens is 1. The van der Waals surface area contributed by atoms with E-state index >= 15 is 0 Å². The smallest absolute Gasteiger partial charge is 0.322 e. The lowest BCUT2D eigenvalue weighted by Gasteiger charge is -2.31. The van der Waals surface area contributed by atoms with Gasteiger partial charge in [-0.1, -0.05) is 29.8 Å². The summed E-state index contributed by atoms with van der Waals surface area (Å²) in [6.45, 7) is 0.212. The zero-order chi connectivity index (χ0) is 15.9. The number of hydrogen-bond donors (Lipinski definition) is 1. The van der Waals surface area contributed by atoms with Crippen molar-refractivity contribution in [2.24, 2.45) is 0 Å². The molecule has 8 heteroatoms. The van der Waals surface area contributed by atoms with Crippen LogP contribution >= 0.6 is 22.9 Å². The summed E-state index contributed by atoms with van der Waals surface area (Å²) < 4.78 is 27.6. The predicted molar refractivity (Wildman–Crippen MR) is 86.0 cm³/mol. The van der Waals surface area contributed by atoms with Crippen LogP contribution in [0.25, 0.3) is 10.1 Å². The maximum Gasteiger partial charge on any atom is 0.322 e. The van der Waals surface area contributed by atoms with Crippen LogP contribution in [0.3, 0.4) is 0 Å². The fraction of sp³-hybridized carbons (Fsp3) is 0.357. The Hall–Kier alpha value is -1.15. The molecule has 1 aliphatic rings. The van der Waals surface area contributed by atoms with Crippen LogP contribution in [0.4, 0.5) is 0 Å². The van der Waals surface area contributed by atoms with Gasteiger partial charge in [0, 0.05) is 16.6 Å². The second-order valence-electron chi connectivity index (χ2n) is 5.17. The van der Waals surface area contributed by atoms with E-state index in [4.69, 9.17) is 11.6 Å². The summed E-state index contributed by atoms with van der Waals surface area (Å²) in [5.74, 6) is -1.11. The summed E-state index contributed by atoms with van der Waals surface area (Å²) in [4.78, 5) is 11.4. The van der Waals surface area contributed by atoms with E-state index in [0.29, 0.717) is 24.6 Å². The molecule has 1 aromatic heterocycles. The molecule has 1 N–H and O–H groups in total. The molecule has 3 rings (SSSR count). The van der Waals surface area contributed by atoms with Crippen molar-refractivity contribution in [1.82, 2.24) is 4.31 Å². The molecule has 22 heavy (non-hydrogen) atoms. The number of carbonyl (C=O) groups is 1. The highest BCUT2D eigenvalue weighted by Crippen LogP contribution is 2.40. The average molecular weight is 360 g/mol. The highest BCUT2D eigenvalue weighted by atomic mass is 35.5. The van der Waals surface area contributed by atoms with Crippen molar-refractivity contribution in [2.75, 3.05) is 6.54 Å². The molecule has 1 saturated heterocycles. The quantitative estimate of drug-likeness (QED) is 0.913. The predicted octanol–water partition coefficient (Wildman–Crippen LogP) is 3.18. The summed E-state index contributed by atoms with van der Waals surface area (Å²) in [6.07, 6.45) is 1.70. The third-order valence-electron chi connectivity index (χ3n) is 3.79. The van der Waals surface area contributed by atoms with E-state index in [2.05, 4.69) is 0 Å². The summed E-state index contributed by atoms with van der Waals surface area (Å²) in [5, 5.41) is 10.1. The number of rotatable bonds is 3. The van der Waals surface area contributed by atoms with Crippen molar-refractivity contribution in [3.05, 3.63) is 29.3 Å². The first kappa shape index (κ1) is 15.7. The van der Waals surface area contributed by atoms with Crippen LogP contribution in [0, 0.1) is 0 Å². The van der Waals surface area contributed by atoms with Gasteiger partial charge in [-0.2, -0.15) is 4.31 Å².